The highest BCUT2D eigenvalue weighted by Gasteiger charge is 2.51. The molecule has 1 aromatic rings. The normalized spacial score (nSPS) is 33.9. The molecule has 4 bridgehead atoms. The summed E-state index contributed by atoms with van der Waals surface area (Å²) in [5, 5.41) is 7.00. The van der Waals surface area contributed by atoms with Gasteiger partial charge in [0.1, 0.15) is 6.10 Å². The topological polar surface area (TPSA) is 50.4 Å². The number of ether oxygens (including phenoxy) is 1. The van der Waals surface area contributed by atoms with Gasteiger partial charge in [0.25, 0.3) is 0 Å². The van der Waals surface area contributed by atoms with Crippen molar-refractivity contribution >= 4 is 17.6 Å². The number of halogens is 1. The van der Waals surface area contributed by atoms with Gasteiger partial charge >= 0.3 is 6.03 Å². The molecule has 2 N–H and O–H groups in total. The van der Waals surface area contributed by atoms with E-state index in [4.69, 9.17) is 16.3 Å². The SMILES string of the molecule is CO[C@@H](CNC(=O)NC12CC3CC(CC(C3)C1)C2)c1ccccc1Cl. The van der Waals surface area contributed by atoms with E-state index in [0.29, 0.717) is 11.6 Å². The summed E-state index contributed by atoms with van der Waals surface area (Å²) in [6, 6.07) is 7.54. The lowest BCUT2D eigenvalue weighted by molar-refractivity contribution is -0.0137. The maximum Gasteiger partial charge on any atom is 0.315 e. The number of hydrogen-bond acceptors (Lipinski definition) is 2. The lowest BCUT2D eigenvalue weighted by Gasteiger charge is -2.56. The number of nitrogens with one attached hydrogen (secondary N) is 2. The molecular weight excluding hydrogens is 336 g/mol. The van der Waals surface area contributed by atoms with Crippen molar-refractivity contribution in [1.29, 1.82) is 0 Å². The van der Waals surface area contributed by atoms with Gasteiger partial charge in [-0.1, -0.05) is 29.8 Å². The molecule has 0 heterocycles. The fraction of sp³-hybridized carbons (Fsp3) is 0.650. The Morgan fingerprint density at radius 3 is 2.36 bits per heavy atom. The van der Waals surface area contributed by atoms with E-state index in [9.17, 15) is 4.79 Å². The Kier molecular flexibility index (Phi) is 4.67. The third kappa shape index (κ3) is 3.52. The van der Waals surface area contributed by atoms with Crippen molar-refractivity contribution in [2.45, 2.75) is 50.2 Å². The zero-order chi connectivity index (χ0) is 17.4. The molecule has 4 aliphatic carbocycles. The minimum atomic E-state index is -0.240. The molecule has 2 amide bonds. The van der Waals surface area contributed by atoms with E-state index in [0.717, 1.165) is 42.6 Å². The zero-order valence-electron chi connectivity index (χ0n) is 14.8. The molecule has 0 saturated heterocycles. The van der Waals surface area contributed by atoms with Crippen LogP contribution in [0.3, 0.4) is 0 Å². The van der Waals surface area contributed by atoms with Gasteiger partial charge in [0, 0.05) is 29.8 Å². The average molecular weight is 363 g/mol. The monoisotopic (exact) mass is 362 g/mol. The quantitative estimate of drug-likeness (QED) is 0.820. The molecule has 4 fully saturated rings. The van der Waals surface area contributed by atoms with Gasteiger partial charge in [-0.05, 0) is 62.3 Å². The van der Waals surface area contributed by atoms with Gasteiger partial charge in [-0.3, -0.25) is 0 Å². The Balaban J connectivity index is 1.35. The first-order valence-corrected chi connectivity index (χ1v) is 9.78. The van der Waals surface area contributed by atoms with Gasteiger partial charge < -0.3 is 15.4 Å². The lowest BCUT2D eigenvalue weighted by Crippen LogP contribution is -2.61. The second-order valence-electron chi connectivity index (χ2n) is 8.28. The number of methoxy groups -OCH3 is 1. The summed E-state index contributed by atoms with van der Waals surface area (Å²) in [4.78, 5) is 12.6. The first kappa shape index (κ1) is 17.2. The Hall–Kier alpha value is -1.26. The van der Waals surface area contributed by atoms with Crippen LogP contribution in [0, 0.1) is 17.8 Å². The molecule has 25 heavy (non-hydrogen) atoms. The minimum Gasteiger partial charge on any atom is -0.375 e. The van der Waals surface area contributed by atoms with Crippen LogP contribution in [0.25, 0.3) is 0 Å². The molecule has 1 atom stereocenters. The highest BCUT2D eigenvalue weighted by Crippen LogP contribution is 2.55. The van der Waals surface area contributed by atoms with Crippen LogP contribution in [0.4, 0.5) is 4.79 Å². The fourth-order valence-corrected chi connectivity index (χ4v) is 6.05. The molecule has 4 saturated carbocycles. The van der Waals surface area contributed by atoms with Crippen molar-refractivity contribution in [3.05, 3.63) is 34.9 Å². The fourth-order valence-electron chi connectivity index (χ4n) is 5.79. The van der Waals surface area contributed by atoms with E-state index in [2.05, 4.69) is 10.6 Å². The van der Waals surface area contributed by atoms with Crippen LogP contribution in [0.15, 0.2) is 24.3 Å². The van der Waals surface area contributed by atoms with Crippen LogP contribution in [-0.4, -0.2) is 25.2 Å². The molecule has 0 spiro atoms. The van der Waals surface area contributed by atoms with Crippen molar-refractivity contribution < 1.29 is 9.53 Å². The summed E-state index contributed by atoms with van der Waals surface area (Å²) >= 11 is 6.25. The predicted octanol–water partition coefficient (Wildman–Crippen LogP) is 4.30. The van der Waals surface area contributed by atoms with E-state index in [1.807, 2.05) is 24.3 Å². The summed E-state index contributed by atoms with van der Waals surface area (Å²) in [6.07, 6.45) is 7.36. The van der Waals surface area contributed by atoms with Gasteiger partial charge in [-0.25, -0.2) is 4.79 Å². The number of hydrogen-bond donors (Lipinski definition) is 2. The number of carbonyl (C=O) groups excluding carboxylic acids is 1. The van der Waals surface area contributed by atoms with Crippen molar-refractivity contribution in [3.8, 4) is 0 Å². The first-order valence-electron chi connectivity index (χ1n) is 9.40. The standard InChI is InChI=1S/C20H27ClN2O2/c1-25-18(16-4-2-3-5-17(16)21)12-22-19(24)23-20-9-13-6-14(10-20)8-15(7-13)11-20/h2-5,13-15,18H,6-12H2,1H3,(H2,22,23,24)/t13?,14?,15?,18-,20?/m0/s1. The van der Waals surface area contributed by atoms with Gasteiger partial charge in [-0.15, -0.1) is 0 Å². The van der Waals surface area contributed by atoms with Crippen molar-refractivity contribution in [2.75, 3.05) is 13.7 Å². The number of benzene rings is 1. The zero-order valence-corrected chi connectivity index (χ0v) is 15.5. The van der Waals surface area contributed by atoms with Crippen molar-refractivity contribution in [2.24, 2.45) is 17.8 Å². The molecule has 5 heteroatoms. The lowest BCUT2D eigenvalue weighted by atomic mass is 9.53. The molecule has 4 aliphatic rings. The van der Waals surface area contributed by atoms with Gasteiger partial charge in [0.2, 0.25) is 0 Å². The molecule has 4 nitrogen and oxygen atoms in total. The van der Waals surface area contributed by atoms with E-state index in [1.165, 1.54) is 19.3 Å². The van der Waals surface area contributed by atoms with Crippen molar-refractivity contribution in [1.82, 2.24) is 10.6 Å². The van der Waals surface area contributed by atoms with E-state index in [-0.39, 0.29) is 17.7 Å². The summed E-state index contributed by atoms with van der Waals surface area (Å²) in [7, 11) is 1.65. The van der Waals surface area contributed by atoms with Gasteiger partial charge in [-0.2, -0.15) is 0 Å². The van der Waals surface area contributed by atoms with E-state index >= 15 is 0 Å². The smallest absolute Gasteiger partial charge is 0.315 e. The number of carbonyl (C=O) groups is 1. The minimum absolute atomic E-state index is 0.0335. The first-order chi connectivity index (χ1) is 12.1. The van der Waals surface area contributed by atoms with Crippen LogP contribution in [0.2, 0.25) is 5.02 Å². The Morgan fingerprint density at radius 2 is 1.80 bits per heavy atom. The van der Waals surface area contributed by atoms with Crippen molar-refractivity contribution in [3.63, 3.8) is 0 Å². The molecule has 0 aliphatic heterocycles. The molecule has 0 radical (unpaired) electrons. The van der Waals surface area contributed by atoms with E-state index in [1.54, 1.807) is 7.11 Å². The van der Waals surface area contributed by atoms with Crippen LogP contribution in [0.1, 0.15) is 50.2 Å². The van der Waals surface area contributed by atoms with Crippen LogP contribution in [0.5, 0.6) is 0 Å². The number of urea groups is 1. The second kappa shape index (κ2) is 6.81. The third-order valence-electron chi connectivity index (χ3n) is 6.40. The predicted molar refractivity (Wildman–Crippen MR) is 98.6 cm³/mol. The Bertz CT molecular complexity index is 613. The molecule has 136 valence electrons. The number of rotatable bonds is 5. The third-order valence-corrected chi connectivity index (χ3v) is 6.75. The van der Waals surface area contributed by atoms with E-state index < -0.39 is 0 Å². The van der Waals surface area contributed by atoms with Gasteiger partial charge in [0.15, 0.2) is 0 Å². The summed E-state index contributed by atoms with van der Waals surface area (Å²) < 4.78 is 5.53. The summed E-state index contributed by atoms with van der Waals surface area (Å²) in [5.74, 6) is 2.46. The number of amides is 2. The largest absolute Gasteiger partial charge is 0.375 e. The van der Waals surface area contributed by atoms with Crippen LogP contribution in [-0.2, 0) is 4.74 Å². The van der Waals surface area contributed by atoms with Crippen LogP contribution < -0.4 is 10.6 Å². The highest BCUT2D eigenvalue weighted by molar-refractivity contribution is 6.31. The maximum absolute atomic E-state index is 12.6. The summed E-state index contributed by atoms with van der Waals surface area (Å²) in [5.41, 5.74) is 0.938. The maximum atomic E-state index is 12.6. The van der Waals surface area contributed by atoms with Gasteiger partial charge in [0.05, 0.1) is 0 Å². The molecule has 0 unspecified atom stereocenters. The Morgan fingerprint density at radius 1 is 1.20 bits per heavy atom. The van der Waals surface area contributed by atoms with Crippen LogP contribution >= 0.6 is 11.6 Å². The molecular formula is C20H27ClN2O2. The molecule has 5 rings (SSSR count). The Labute approximate surface area is 154 Å². The summed E-state index contributed by atoms with van der Waals surface area (Å²) in [6.45, 7) is 0.415. The molecule has 0 aromatic heterocycles. The highest BCUT2D eigenvalue weighted by atomic mass is 35.5. The average Bonchev–Trinajstić information content (AvgIpc) is 2.55. The second-order valence-corrected chi connectivity index (χ2v) is 8.69. The molecule has 1 aromatic carbocycles.